The van der Waals surface area contributed by atoms with Gasteiger partial charge in [-0.1, -0.05) is 41.4 Å². The Hall–Kier alpha value is -1.75. The van der Waals surface area contributed by atoms with Crippen LogP contribution in [0.15, 0.2) is 42.5 Å². The molecule has 1 aliphatic heterocycles. The normalized spacial score (nSPS) is 27.7. The summed E-state index contributed by atoms with van der Waals surface area (Å²) in [6.45, 7) is 3.44. The van der Waals surface area contributed by atoms with Crippen molar-refractivity contribution in [2.45, 2.75) is 56.4 Å². The molecule has 0 spiro atoms. The Kier molecular flexibility index (Phi) is 6.61. The van der Waals surface area contributed by atoms with Crippen LogP contribution in [0.2, 0.25) is 10.0 Å². The molecule has 3 fully saturated rings. The lowest BCUT2D eigenvalue weighted by Crippen LogP contribution is -2.56. The van der Waals surface area contributed by atoms with Crippen LogP contribution in [-0.4, -0.2) is 41.6 Å². The Balaban J connectivity index is 1.31. The number of rotatable bonds is 6. The predicted octanol–water partition coefficient (Wildman–Crippen LogP) is 5.58. The number of hydrogen-bond acceptors (Lipinski definition) is 3. The highest BCUT2D eigenvalue weighted by atomic mass is 35.5. The van der Waals surface area contributed by atoms with Gasteiger partial charge in [0, 0.05) is 24.5 Å². The SMILES string of the molecule is O=C(Cc1ccc(Cl)c(Cl)c1)N[C@H]1CCC2CN(CC3CC3)CCC2(c2cccc(O)c2)C1. The fourth-order valence-corrected chi connectivity index (χ4v) is 6.42. The first-order valence-corrected chi connectivity index (χ1v) is 12.9. The number of nitrogens with zero attached hydrogens (tertiary/aromatic N) is 1. The van der Waals surface area contributed by atoms with Crippen LogP contribution in [0.4, 0.5) is 0 Å². The van der Waals surface area contributed by atoms with Crippen LogP contribution in [0.5, 0.6) is 5.75 Å². The largest absolute Gasteiger partial charge is 0.508 e. The third kappa shape index (κ3) is 5.18. The highest BCUT2D eigenvalue weighted by Gasteiger charge is 2.48. The quantitative estimate of drug-likeness (QED) is 0.560. The number of fused-ring (bicyclic) bond motifs is 1. The summed E-state index contributed by atoms with van der Waals surface area (Å²) in [4.78, 5) is 15.5. The van der Waals surface area contributed by atoms with E-state index < -0.39 is 0 Å². The molecule has 0 bridgehead atoms. The van der Waals surface area contributed by atoms with Crippen molar-refractivity contribution in [2.24, 2.45) is 11.8 Å². The van der Waals surface area contributed by atoms with Crippen LogP contribution < -0.4 is 5.32 Å². The summed E-state index contributed by atoms with van der Waals surface area (Å²) in [6, 6.07) is 13.3. The second kappa shape index (κ2) is 9.48. The van der Waals surface area contributed by atoms with Gasteiger partial charge >= 0.3 is 0 Å². The van der Waals surface area contributed by atoms with Crippen molar-refractivity contribution in [1.29, 1.82) is 0 Å². The molecule has 4 nitrogen and oxygen atoms in total. The number of halogens is 2. The van der Waals surface area contributed by atoms with E-state index in [4.69, 9.17) is 23.2 Å². The summed E-state index contributed by atoms with van der Waals surface area (Å²) in [5.74, 6) is 1.80. The molecule has 1 amide bonds. The second-order valence-electron chi connectivity index (χ2n) is 10.3. The molecule has 33 heavy (non-hydrogen) atoms. The Morgan fingerprint density at radius 3 is 2.70 bits per heavy atom. The van der Waals surface area contributed by atoms with Crippen LogP contribution >= 0.6 is 23.2 Å². The molecule has 3 atom stereocenters. The van der Waals surface area contributed by atoms with E-state index in [1.807, 2.05) is 18.2 Å². The molecule has 2 aromatic rings. The van der Waals surface area contributed by atoms with E-state index in [1.54, 1.807) is 18.2 Å². The average Bonchev–Trinajstić information content (AvgIpc) is 3.60. The van der Waals surface area contributed by atoms with Crippen LogP contribution in [0.1, 0.15) is 49.7 Å². The molecule has 2 N–H and O–H groups in total. The van der Waals surface area contributed by atoms with Crippen molar-refractivity contribution in [3.8, 4) is 5.75 Å². The minimum atomic E-state index is -0.00142. The lowest BCUT2D eigenvalue weighted by atomic mass is 9.58. The summed E-state index contributed by atoms with van der Waals surface area (Å²) >= 11 is 12.1. The van der Waals surface area contributed by atoms with Crippen LogP contribution in [-0.2, 0) is 16.6 Å². The summed E-state index contributed by atoms with van der Waals surface area (Å²) in [6.07, 6.45) is 7.14. The molecule has 3 aliphatic rings. The van der Waals surface area contributed by atoms with Gasteiger partial charge in [-0.3, -0.25) is 4.79 Å². The fraction of sp³-hybridized carbons (Fsp3) is 0.519. The number of phenolic OH excluding ortho intramolecular Hbond substituents is 1. The summed E-state index contributed by atoms with van der Waals surface area (Å²) < 4.78 is 0. The Morgan fingerprint density at radius 2 is 1.94 bits per heavy atom. The van der Waals surface area contributed by atoms with Gasteiger partial charge in [0.25, 0.3) is 0 Å². The molecule has 2 aliphatic carbocycles. The van der Waals surface area contributed by atoms with Crippen LogP contribution in [0.3, 0.4) is 0 Å². The number of amides is 1. The van der Waals surface area contributed by atoms with Crippen molar-refractivity contribution in [2.75, 3.05) is 19.6 Å². The molecule has 2 unspecified atom stereocenters. The minimum Gasteiger partial charge on any atom is -0.508 e. The highest BCUT2D eigenvalue weighted by molar-refractivity contribution is 6.42. The van der Waals surface area contributed by atoms with Gasteiger partial charge in [-0.05, 0) is 92.3 Å². The van der Waals surface area contributed by atoms with Crippen molar-refractivity contribution in [3.63, 3.8) is 0 Å². The number of carbonyl (C=O) groups excluding carboxylic acids is 1. The molecule has 2 aromatic carbocycles. The Labute approximate surface area is 206 Å². The van der Waals surface area contributed by atoms with Crippen molar-refractivity contribution < 1.29 is 9.90 Å². The Bertz CT molecular complexity index is 1020. The topological polar surface area (TPSA) is 52.6 Å². The molecule has 1 saturated heterocycles. The van der Waals surface area contributed by atoms with Gasteiger partial charge in [0.2, 0.25) is 5.91 Å². The number of hydrogen-bond donors (Lipinski definition) is 2. The molecule has 0 radical (unpaired) electrons. The van der Waals surface area contributed by atoms with Crippen molar-refractivity contribution >= 4 is 29.1 Å². The molecule has 2 saturated carbocycles. The number of likely N-dealkylation sites (tertiary alicyclic amines) is 1. The predicted molar refractivity (Wildman–Crippen MR) is 133 cm³/mol. The van der Waals surface area contributed by atoms with Crippen LogP contribution in [0, 0.1) is 11.8 Å². The van der Waals surface area contributed by atoms with Gasteiger partial charge in [0.15, 0.2) is 0 Å². The summed E-state index contributed by atoms with van der Waals surface area (Å²) in [5.41, 5.74) is 2.09. The second-order valence-corrected chi connectivity index (χ2v) is 11.1. The van der Waals surface area contributed by atoms with Gasteiger partial charge in [0.05, 0.1) is 16.5 Å². The van der Waals surface area contributed by atoms with Crippen LogP contribution in [0.25, 0.3) is 0 Å². The third-order valence-electron chi connectivity index (χ3n) is 7.96. The first kappa shape index (κ1) is 23.0. The minimum absolute atomic E-state index is 0.00142. The maximum Gasteiger partial charge on any atom is 0.224 e. The van der Waals surface area contributed by atoms with E-state index in [0.717, 1.165) is 50.3 Å². The smallest absolute Gasteiger partial charge is 0.224 e. The van der Waals surface area contributed by atoms with Crippen molar-refractivity contribution in [1.82, 2.24) is 10.2 Å². The molecule has 6 heteroatoms. The fourth-order valence-electron chi connectivity index (χ4n) is 6.10. The number of phenols is 1. The van der Waals surface area contributed by atoms with E-state index in [-0.39, 0.29) is 17.4 Å². The highest BCUT2D eigenvalue weighted by Crippen LogP contribution is 2.50. The lowest BCUT2D eigenvalue weighted by molar-refractivity contribution is -0.121. The standard InChI is InChI=1S/C27H32Cl2N2O2/c28-24-9-6-19(12-25(24)29)13-26(33)30-22-8-7-21-17-31(16-18-4-5-18)11-10-27(21,15-22)20-2-1-3-23(32)14-20/h1-3,6,9,12,14,18,21-22,32H,4-5,7-8,10-11,13,15-17H2,(H,30,33)/t21?,22-,27?/m0/s1. The zero-order valence-electron chi connectivity index (χ0n) is 18.9. The average molecular weight is 487 g/mol. The van der Waals surface area contributed by atoms with Gasteiger partial charge < -0.3 is 15.3 Å². The van der Waals surface area contributed by atoms with E-state index in [1.165, 1.54) is 24.9 Å². The van der Waals surface area contributed by atoms with Gasteiger partial charge in [0.1, 0.15) is 5.75 Å². The molecular weight excluding hydrogens is 455 g/mol. The van der Waals surface area contributed by atoms with E-state index in [0.29, 0.717) is 28.1 Å². The summed E-state index contributed by atoms with van der Waals surface area (Å²) in [5, 5.41) is 14.5. The maximum absolute atomic E-state index is 12.9. The first-order chi connectivity index (χ1) is 15.9. The number of carbonyl (C=O) groups is 1. The molecule has 176 valence electrons. The summed E-state index contributed by atoms with van der Waals surface area (Å²) in [7, 11) is 0. The Morgan fingerprint density at radius 1 is 1.09 bits per heavy atom. The van der Waals surface area contributed by atoms with Gasteiger partial charge in [-0.15, -0.1) is 0 Å². The number of nitrogens with one attached hydrogen (secondary N) is 1. The number of aromatic hydroxyl groups is 1. The molecule has 5 rings (SSSR count). The zero-order chi connectivity index (χ0) is 23.0. The lowest BCUT2D eigenvalue weighted by Gasteiger charge is -2.53. The zero-order valence-corrected chi connectivity index (χ0v) is 20.4. The van der Waals surface area contributed by atoms with E-state index in [2.05, 4.69) is 16.3 Å². The number of piperidine rings is 1. The van der Waals surface area contributed by atoms with Gasteiger partial charge in [-0.2, -0.15) is 0 Å². The van der Waals surface area contributed by atoms with E-state index in [9.17, 15) is 9.90 Å². The van der Waals surface area contributed by atoms with Gasteiger partial charge in [-0.25, -0.2) is 0 Å². The van der Waals surface area contributed by atoms with Crippen molar-refractivity contribution in [3.05, 3.63) is 63.6 Å². The molecule has 1 heterocycles. The van der Waals surface area contributed by atoms with E-state index >= 15 is 0 Å². The molecular formula is C27H32Cl2N2O2. The number of benzene rings is 2. The maximum atomic E-state index is 12.9. The third-order valence-corrected chi connectivity index (χ3v) is 8.70. The first-order valence-electron chi connectivity index (χ1n) is 12.2. The molecule has 0 aromatic heterocycles. The monoisotopic (exact) mass is 486 g/mol.